The van der Waals surface area contributed by atoms with E-state index in [1.54, 1.807) is 24.3 Å². The monoisotopic (exact) mass is 303 g/mol. The lowest BCUT2D eigenvalue weighted by Gasteiger charge is -2.29. The lowest BCUT2D eigenvalue weighted by atomic mass is 10.2. The number of carbonyl (C=O) groups excluding carboxylic acids is 1. The summed E-state index contributed by atoms with van der Waals surface area (Å²) in [5, 5.41) is -0.498. The number of hydrogen-bond acceptors (Lipinski definition) is 3. The van der Waals surface area contributed by atoms with Crippen LogP contribution in [0, 0.1) is 0 Å². The highest BCUT2D eigenvalue weighted by Crippen LogP contribution is 2.22. The molecule has 0 saturated carbocycles. The molecule has 19 heavy (non-hydrogen) atoms. The van der Waals surface area contributed by atoms with Gasteiger partial charge in [-0.25, -0.2) is 8.42 Å². The number of carbonyl (C=O) groups is 1. The van der Waals surface area contributed by atoms with Crippen LogP contribution in [-0.4, -0.2) is 31.9 Å². The molecule has 0 aromatic heterocycles. The normalized spacial score (nSPS) is 13.4. The minimum atomic E-state index is -3.41. The molecule has 106 valence electrons. The Hall–Kier alpha value is -1.07. The summed E-state index contributed by atoms with van der Waals surface area (Å²) in [6.45, 7) is 5.08. The second kappa shape index (κ2) is 5.92. The van der Waals surface area contributed by atoms with Crippen LogP contribution in [0.1, 0.15) is 20.8 Å². The largest absolute Gasteiger partial charge is 0.309 e. The van der Waals surface area contributed by atoms with Crippen molar-refractivity contribution in [3.63, 3.8) is 0 Å². The van der Waals surface area contributed by atoms with E-state index in [1.807, 2.05) is 13.8 Å². The number of anilines is 1. The standard InChI is InChI=1S/C13H18ClNO3S/c1-9(2)15(12-7-5-11(14)6-8-12)13(16)10(3)19(4,17)18/h5-10H,1-4H3/t10-/m0/s1. The van der Waals surface area contributed by atoms with E-state index >= 15 is 0 Å². The van der Waals surface area contributed by atoms with Crippen LogP contribution in [0.4, 0.5) is 5.69 Å². The summed E-state index contributed by atoms with van der Waals surface area (Å²) in [6.07, 6.45) is 1.07. The number of halogens is 1. The molecule has 1 amide bonds. The molecule has 0 aliphatic heterocycles. The second-order valence-corrected chi connectivity index (χ2v) is 7.55. The molecule has 0 fully saturated rings. The fourth-order valence-corrected chi connectivity index (χ4v) is 2.27. The van der Waals surface area contributed by atoms with E-state index in [9.17, 15) is 13.2 Å². The Kier molecular flexibility index (Phi) is 4.98. The van der Waals surface area contributed by atoms with Crippen molar-refractivity contribution < 1.29 is 13.2 Å². The van der Waals surface area contributed by atoms with Gasteiger partial charge in [-0.2, -0.15) is 0 Å². The molecule has 1 aromatic carbocycles. The Balaban J connectivity index is 3.15. The van der Waals surface area contributed by atoms with Crippen LogP contribution in [-0.2, 0) is 14.6 Å². The zero-order valence-electron chi connectivity index (χ0n) is 11.4. The average molecular weight is 304 g/mol. The molecule has 0 bridgehead atoms. The van der Waals surface area contributed by atoms with E-state index in [2.05, 4.69) is 0 Å². The Morgan fingerprint density at radius 2 is 1.63 bits per heavy atom. The first-order chi connectivity index (χ1) is 8.64. The highest BCUT2D eigenvalue weighted by molar-refractivity contribution is 7.92. The van der Waals surface area contributed by atoms with Crippen LogP contribution < -0.4 is 4.90 Å². The van der Waals surface area contributed by atoms with Crippen LogP contribution in [0.3, 0.4) is 0 Å². The number of rotatable bonds is 4. The lowest BCUT2D eigenvalue weighted by molar-refractivity contribution is -0.118. The van der Waals surface area contributed by atoms with Gasteiger partial charge in [0.25, 0.3) is 0 Å². The first kappa shape index (κ1) is 16.0. The smallest absolute Gasteiger partial charge is 0.245 e. The SMILES string of the molecule is CC(C)N(C(=O)[C@H](C)S(C)(=O)=O)c1ccc(Cl)cc1. The third kappa shape index (κ3) is 3.94. The van der Waals surface area contributed by atoms with Gasteiger partial charge in [0, 0.05) is 23.0 Å². The molecule has 0 N–H and O–H groups in total. The maximum absolute atomic E-state index is 12.3. The summed E-state index contributed by atoms with van der Waals surface area (Å²) in [5.41, 5.74) is 0.639. The Morgan fingerprint density at radius 3 is 2.00 bits per heavy atom. The average Bonchev–Trinajstić information content (AvgIpc) is 2.29. The van der Waals surface area contributed by atoms with Gasteiger partial charge in [0.15, 0.2) is 9.84 Å². The minimum Gasteiger partial charge on any atom is -0.309 e. The third-order valence-corrected chi connectivity index (χ3v) is 4.59. The molecule has 1 atom stereocenters. The van der Waals surface area contributed by atoms with Crippen molar-refractivity contribution in [1.29, 1.82) is 0 Å². The van der Waals surface area contributed by atoms with Gasteiger partial charge in [-0.15, -0.1) is 0 Å². The van der Waals surface area contributed by atoms with Crippen LogP contribution in [0.25, 0.3) is 0 Å². The van der Waals surface area contributed by atoms with Gasteiger partial charge in [-0.1, -0.05) is 11.6 Å². The van der Waals surface area contributed by atoms with Gasteiger partial charge < -0.3 is 4.90 Å². The molecule has 0 heterocycles. The molecule has 6 heteroatoms. The molecule has 4 nitrogen and oxygen atoms in total. The molecule has 0 radical (unpaired) electrons. The van der Waals surface area contributed by atoms with Gasteiger partial charge >= 0.3 is 0 Å². The van der Waals surface area contributed by atoms with E-state index in [0.29, 0.717) is 10.7 Å². The van der Waals surface area contributed by atoms with E-state index in [1.165, 1.54) is 11.8 Å². The summed E-state index contributed by atoms with van der Waals surface area (Å²) < 4.78 is 23.0. The molecule has 0 unspecified atom stereocenters. The number of hydrogen-bond donors (Lipinski definition) is 0. The highest BCUT2D eigenvalue weighted by atomic mass is 35.5. The first-order valence-electron chi connectivity index (χ1n) is 5.92. The van der Waals surface area contributed by atoms with Gasteiger partial charge in [0.05, 0.1) is 0 Å². The highest BCUT2D eigenvalue weighted by Gasteiger charge is 2.30. The van der Waals surface area contributed by atoms with Crippen molar-refractivity contribution in [1.82, 2.24) is 0 Å². The summed E-state index contributed by atoms with van der Waals surface area (Å²) in [7, 11) is -3.41. The molecular formula is C13H18ClNO3S. The van der Waals surface area contributed by atoms with Gasteiger partial charge in [0.1, 0.15) is 5.25 Å². The van der Waals surface area contributed by atoms with Crippen LogP contribution in [0.5, 0.6) is 0 Å². The van der Waals surface area contributed by atoms with Gasteiger partial charge in [-0.3, -0.25) is 4.79 Å². The summed E-state index contributed by atoms with van der Waals surface area (Å²) in [4.78, 5) is 13.8. The van der Waals surface area contributed by atoms with E-state index in [0.717, 1.165) is 6.26 Å². The van der Waals surface area contributed by atoms with Crippen molar-refractivity contribution in [2.75, 3.05) is 11.2 Å². The lowest BCUT2D eigenvalue weighted by Crippen LogP contribution is -2.45. The molecule has 0 aliphatic rings. The topological polar surface area (TPSA) is 54.5 Å². The number of sulfone groups is 1. The zero-order chi connectivity index (χ0) is 14.8. The minimum absolute atomic E-state index is 0.141. The van der Waals surface area contributed by atoms with Crippen molar-refractivity contribution in [2.24, 2.45) is 0 Å². The predicted octanol–water partition coefficient (Wildman–Crippen LogP) is 2.51. The Labute approximate surface area is 119 Å². The van der Waals surface area contributed by atoms with Gasteiger partial charge in [-0.05, 0) is 45.0 Å². The van der Waals surface area contributed by atoms with Gasteiger partial charge in [0.2, 0.25) is 5.91 Å². The Bertz CT molecular complexity index is 552. The molecule has 1 rings (SSSR count). The molecule has 1 aromatic rings. The summed E-state index contributed by atoms with van der Waals surface area (Å²) in [6, 6.07) is 6.61. The van der Waals surface area contributed by atoms with Crippen LogP contribution in [0.15, 0.2) is 24.3 Å². The van der Waals surface area contributed by atoms with Crippen LogP contribution in [0.2, 0.25) is 5.02 Å². The number of nitrogens with zero attached hydrogens (tertiary/aromatic N) is 1. The van der Waals surface area contributed by atoms with Crippen LogP contribution >= 0.6 is 11.6 Å². The molecular weight excluding hydrogens is 286 g/mol. The zero-order valence-corrected chi connectivity index (χ0v) is 13.0. The third-order valence-electron chi connectivity index (χ3n) is 2.85. The number of amides is 1. The fourth-order valence-electron chi connectivity index (χ4n) is 1.66. The quantitative estimate of drug-likeness (QED) is 0.859. The molecule has 0 aliphatic carbocycles. The Morgan fingerprint density at radius 1 is 1.16 bits per heavy atom. The second-order valence-electron chi connectivity index (χ2n) is 4.75. The predicted molar refractivity (Wildman–Crippen MR) is 78.4 cm³/mol. The first-order valence-corrected chi connectivity index (χ1v) is 8.25. The summed E-state index contributed by atoms with van der Waals surface area (Å²) >= 11 is 5.81. The van der Waals surface area contributed by atoms with E-state index < -0.39 is 21.0 Å². The van der Waals surface area contributed by atoms with E-state index in [4.69, 9.17) is 11.6 Å². The van der Waals surface area contributed by atoms with Crippen molar-refractivity contribution in [3.05, 3.63) is 29.3 Å². The maximum atomic E-state index is 12.3. The van der Waals surface area contributed by atoms with E-state index in [-0.39, 0.29) is 6.04 Å². The van der Waals surface area contributed by atoms with Crippen molar-refractivity contribution in [3.8, 4) is 0 Å². The summed E-state index contributed by atoms with van der Waals surface area (Å²) in [5.74, 6) is -0.431. The molecule has 0 spiro atoms. The molecule has 0 saturated heterocycles. The maximum Gasteiger partial charge on any atom is 0.245 e. The van der Waals surface area contributed by atoms with Crippen molar-refractivity contribution in [2.45, 2.75) is 32.1 Å². The van der Waals surface area contributed by atoms with Crippen molar-refractivity contribution >= 4 is 33.0 Å². The number of benzene rings is 1. The fraction of sp³-hybridized carbons (Fsp3) is 0.462.